The number of nitrogens with two attached hydrogens (primary N) is 1. The average molecular weight is 481 g/mol. The average Bonchev–Trinajstić information content (AvgIpc) is 3.43. The molecule has 3 aromatic heterocycles. The van der Waals surface area contributed by atoms with Crippen molar-refractivity contribution in [3.63, 3.8) is 0 Å². The SMILES string of the molecule is CCCCN(CCO)c1nc(N)nc2cn(Cc3ccc(CNC4CCC4)c4scnc34)nc12. The van der Waals surface area contributed by atoms with Crippen LogP contribution in [0.2, 0.25) is 0 Å². The lowest BCUT2D eigenvalue weighted by molar-refractivity contribution is 0.301. The molecular formula is C24H32N8OS. The Morgan fingerprint density at radius 2 is 2.06 bits per heavy atom. The summed E-state index contributed by atoms with van der Waals surface area (Å²) >= 11 is 1.69. The van der Waals surface area contributed by atoms with E-state index in [1.165, 1.54) is 29.5 Å². The number of fused-ring (bicyclic) bond motifs is 2. The highest BCUT2D eigenvalue weighted by atomic mass is 32.1. The van der Waals surface area contributed by atoms with Crippen molar-refractivity contribution >= 4 is 44.4 Å². The van der Waals surface area contributed by atoms with E-state index in [2.05, 4.69) is 39.3 Å². The number of hydrogen-bond donors (Lipinski definition) is 3. The van der Waals surface area contributed by atoms with Crippen molar-refractivity contribution in [2.75, 3.05) is 30.3 Å². The third kappa shape index (κ3) is 4.70. The molecule has 1 aromatic carbocycles. The van der Waals surface area contributed by atoms with Gasteiger partial charge in [-0.1, -0.05) is 31.9 Å². The van der Waals surface area contributed by atoms with Gasteiger partial charge < -0.3 is 21.1 Å². The molecule has 0 atom stereocenters. The van der Waals surface area contributed by atoms with E-state index in [4.69, 9.17) is 10.8 Å². The number of hydrogen-bond acceptors (Lipinski definition) is 9. The molecule has 0 unspecified atom stereocenters. The van der Waals surface area contributed by atoms with Crippen molar-refractivity contribution in [1.82, 2.24) is 30.0 Å². The summed E-state index contributed by atoms with van der Waals surface area (Å²) in [4.78, 5) is 15.6. The molecule has 180 valence electrons. The topological polar surface area (TPSA) is 118 Å². The van der Waals surface area contributed by atoms with E-state index in [-0.39, 0.29) is 12.6 Å². The molecule has 0 amide bonds. The van der Waals surface area contributed by atoms with Gasteiger partial charge in [0.2, 0.25) is 5.95 Å². The lowest BCUT2D eigenvalue weighted by atomic mass is 9.93. The Kier molecular flexibility index (Phi) is 6.89. The van der Waals surface area contributed by atoms with Crippen LogP contribution in [-0.4, -0.2) is 55.6 Å². The standard InChI is InChI=1S/C24H32N8OS/c1-2-3-9-31(10-11-33)23-21-19(28-24(25)29-23)14-32(30-21)13-17-8-7-16(12-26-18-5-4-6-18)22-20(17)27-15-34-22/h7-8,14-15,18,26,33H,2-6,9-13H2,1H3,(H2,25,28). The van der Waals surface area contributed by atoms with Gasteiger partial charge in [-0.3, -0.25) is 4.68 Å². The summed E-state index contributed by atoms with van der Waals surface area (Å²) in [5.41, 5.74) is 12.8. The van der Waals surface area contributed by atoms with E-state index < -0.39 is 0 Å². The van der Waals surface area contributed by atoms with Crippen LogP contribution in [0.3, 0.4) is 0 Å². The summed E-state index contributed by atoms with van der Waals surface area (Å²) < 4.78 is 3.12. The summed E-state index contributed by atoms with van der Waals surface area (Å²) in [7, 11) is 0. The Hall–Kier alpha value is -2.82. The fourth-order valence-corrected chi connectivity index (χ4v) is 5.27. The van der Waals surface area contributed by atoms with Gasteiger partial charge in [0.05, 0.1) is 35.1 Å². The monoisotopic (exact) mass is 480 g/mol. The number of aliphatic hydroxyl groups is 1. The number of benzene rings is 1. The molecule has 1 aliphatic carbocycles. The van der Waals surface area contributed by atoms with E-state index in [0.717, 1.165) is 37.0 Å². The number of aromatic nitrogens is 5. The normalized spacial score (nSPS) is 14.2. The second kappa shape index (κ2) is 10.2. The van der Waals surface area contributed by atoms with E-state index >= 15 is 0 Å². The van der Waals surface area contributed by atoms with Gasteiger partial charge in [0.1, 0.15) is 5.52 Å². The first-order valence-corrected chi connectivity index (χ1v) is 13.0. The highest BCUT2D eigenvalue weighted by Gasteiger charge is 2.19. The first kappa shape index (κ1) is 22.9. The van der Waals surface area contributed by atoms with Gasteiger partial charge in [-0.25, -0.2) is 9.97 Å². The second-order valence-electron chi connectivity index (χ2n) is 8.95. The number of unbranched alkanes of at least 4 members (excludes halogenated alkanes) is 1. The van der Waals surface area contributed by atoms with E-state index in [9.17, 15) is 5.11 Å². The van der Waals surface area contributed by atoms with Crippen LogP contribution < -0.4 is 16.0 Å². The highest BCUT2D eigenvalue weighted by molar-refractivity contribution is 7.17. The summed E-state index contributed by atoms with van der Waals surface area (Å²) in [6, 6.07) is 5.03. The quantitative estimate of drug-likeness (QED) is 0.299. The maximum atomic E-state index is 9.57. The molecule has 1 fully saturated rings. The number of nitrogen functional groups attached to an aromatic ring is 1. The number of nitrogens with one attached hydrogen (secondary N) is 1. The van der Waals surface area contributed by atoms with Crippen LogP contribution in [0, 0.1) is 0 Å². The zero-order valence-corrected chi connectivity index (χ0v) is 20.4. The lowest BCUT2D eigenvalue weighted by Gasteiger charge is -2.26. The Morgan fingerprint density at radius 3 is 2.82 bits per heavy atom. The number of rotatable bonds is 11. The largest absolute Gasteiger partial charge is 0.395 e. The maximum absolute atomic E-state index is 9.57. The van der Waals surface area contributed by atoms with Crippen LogP contribution in [0.1, 0.15) is 50.2 Å². The van der Waals surface area contributed by atoms with Crippen molar-refractivity contribution < 1.29 is 5.11 Å². The van der Waals surface area contributed by atoms with E-state index in [1.807, 2.05) is 21.3 Å². The van der Waals surface area contributed by atoms with Crippen molar-refractivity contribution in [1.29, 1.82) is 0 Å². The maximum Gasteiger partial charge on any atom is 0.222 e. The van der Waals surface area contributed by atoms with Gasteiger partial charge in [0.15, 0.2) is 11.3 Å². The number of nitrogens with zero attached hydrogens (tertiary/aromatic N) is 6. The van der Waals surface area contributed by atoms with Gasteiger partial charge in [-0.2, -0.15) is 10.1 Å². The number of anilines is 2. The van der Waals surface area contributed by atoms with Crippen molar-refractivity contribution in [2.24, 2.45) is 0 Å². The fourth-order valence-electron chi connectivity index (χ4n) is 4.42. The molecule has 0 radical (unpaired) electrons. The zero-order chi connectivity index (χ0) is 23.5. The predicted molar refractivity (Wildman–Crippen MR) is 137 cm³/mol. The van der Waals surface area contributed by atoms with Crippen LogP contribution in [0.25, 0.3) is 21.3 Å². The summed E-state index contributed by atoms with van der Waals surface area (Å²) in [5, 5.41) is 18.1. The molecule has 4 N–H and O–H groups in total. The Labute approximate surface area is 203 Å². The van der Waals surface area contributed by atoms with Crippen molar-refractivity contribution in [2.45, 2.75) is 58.2 Å². The molecule has 0 bridgehead atoms. The Bertz CT molecular complexity index is 1260. The molecule has 0 aliphatic heterocycles. The van der Waals surface area contributed by atoms with Crippen LogP contribution in [0.5, 0.6) is 0 Å². The van der Waals surface area contributed by atoms with E-state index in [0.29, 0.717) is 36.0 Å². The minimum atomic E-state index is 0.0413. The summed E-state index contributed by atoms with van der Waals surface area (Å²) in [5.74, 6) is 0.895. The van der Waals surface area contributed by atoms with Crippen LogP contribution in [-0.2, 0) is 13.1 Å². The van der Waals surface area contributed by atoms with E-state index in [1.54, 1.807) is 11.3 Å². The molecule has 34 heavy (non-hydrogen) atoms. The molecule has 0 saturated heterocycles. The minimum Gasteiger partial charge on any atom is -0.395 e. The molecule has 10 heteroatoms. The molecule has 1 aliphatic rings. The van der Waals surface area contributed by atoms with Gasteiger partial charge >= 0.3 is 0 Å². The molecule has 9 nitrogen and oxygen atoms in total. The Balaban J connectivity index is 1.43. The highest BCUT2D eigenvalue weighted by Crippen LogP contribution is 2.29. The molecule has 4 aromatic rings. The summed E-state index contributed by atoms with van der Waals surface area (Å²) in [6.07, 6.45) is 7.85. The minimum absolute atomic E-state index is 0.0413. The smallest absolute Gasteiger partial charge is 0.222 e. The third-order valence-corrected chi connectivity index (χ3v) is 7.43. The van der Waals surface area contributed by atoms with Gasteiger partial charge in [-0.05, 0) is 24.8 Å². The Morgan fingerprint density at radius 1 is 1.21 bits per heavy atom. The number of aliphatic hydroxyl groups excluding tert-OH is 1. The van der Waals surface area contributed by atoms with Crippen molar-refractivity contribution in [3.05, 3.63) is 35.0 Å². The first-order chi connectivity index (χ1) is 16.7. The molecule has 0 spiro atoms. The summed E-state index contributed by atoms with van der Waals surface area (Å²) in [6.45, 7) is 4.91. The molecular weight excluding hydrogens is 448 g/mol. The van der Waals surface area contributed by atoms with Gasteiger partial charge in [0.25, 0.3) is 0 Å². The predicted octanol–water partition coefficient (Wildman–Crippen LogP) is 3.31. The third-order valence-electron chi connectivity index (χ3n) is 6.53. The van der Waals surface area contributed by atoms with Crippen LogP contribution in [0.15, 0.2) is 23.8 Å². The van der Waals surface area contributed by atoms with Crippen LogP contribution in [0.4, 0.5) is 11.8 Å². The molecule has 3 heterocycles. The van der Waals surface area contributed by atoms with Crippen LogP contribution >= 0.6 is 11.3 Å². The first-order valence-electron chi connectivity index (χ1n) is 12.1. The van der Waals surface area contributed by atoms with Gasteiger partial charge in [-0.15, -0.1) is 11.3 Å². The van der Waals surface area contributed by atoms with Crippen molar-refractivity contribution in [3.8, 4) is 0 Å². The second-order valence-corrected chi connectivity index (χ2v) is 9.81. The lowest BCUT2D eigenvalue weighted by Crippen LogP contribution is -2.34. The fraction of sp³-hybridized carbons (Fsp3) is 0.500. The zero-order valence-electron chi connectivity index (χ0n) is 19.6. The van der Waals surface area contributed by atoms with Gasteiger partial charge in [0, 0.05) is 31.2 Å². The molecule has 5 rings (SSSR count). The molecule has 1 saturated carbocycles. The number of thiazole rings is 1.